The van der Waals surface area contributed by atoms with Gasteiger partial charge >= 0.3 is 0 Å². The van der Waals surface area contributed by atoms with E-state index in [4.69, 9.17) is 9.47 Å². The molecule has 2 saturated heterocycles. The molecule has 16 heteroatoms. The summed E-state index contributed by atoms with van der Waals surface area (Å²) in [6.07, 6.45) is 15.3. The lowest BCUT2D eigenvalue weighted by Gasteiger charge is -2.32. The number of aromatic amines is 2. The third-order valence-electron chi connectivity index (χ3n) is 13.7. The van der Waals surface area contributed by atoms with Crippen molar-refractivity contribution in [1.82, 2.24) is 50.0 Å². The Morgan fingerprint density at radius 2 is 1.00 bits per heavy atom. The zero-order chi connectivity index (χ0) is 52.1. The first kappa shape index (κ1) is 52.8. The molecule has 0 radical (unpaired) electrons. The summed E-state index contributed by atoms with van der Waals surface area (Å²) in [5.41, 5.74) is 7.59. The standard InChI is InChI=1S/2C28H30FN5O2.C2H6.2H2/c2*1-3-36-26-14-20(9-10-23(26)19-7-6-8-22(29)13-19)28(35)33(2)25(18-34-11-4-5-12-34)24-17-30-15-21-16-31-32-27(21)24;1-2;;/h2*6-10,13-17,25H,3-5,11-12,18H2,1-2H3,(H,31,32);1-2H3;2*1H/t2*25-;;;/m10.../s1. The van der Waals surface area contributed by atoms with E-state index in [0.29, 0.717) is 60.1 Å². The normalized spacial score (nSPS) is 14.4. The molecule has 14 nitrogen and oxygen atoms in total. The quantitative estimate of drug-likeness (QED) is 0.0958. The zero-order valence-electron chi connectivity index (χ0n) is 43.2. The Kier molecular flexibility index (Phi) is 17.8. The molecule has 2 fully saturated rings. The van der Waals surface area contributed by atoms with Gasteiger partial charge in [-0.15, -0.1) is 0 Å². The van der Waals surface area contributed by atoms with Gasteiger partial charge in [0.1, 0.15) is 23.1 Å². The topological polar surface area (TPSA) is 149 Å². The van der Waals surface area contributed by atoms with Crippen LogP contribution in [0.2, 0.25) is 0 Å². The fraction of sp³-hybridized carbons (Fsp3) is 0.345. The number of fused-ring (bicyclic) bond motifs is 2. The molecule has 2 aliphatic heterocycles. The van der Waals surface area contributed by atoms with Crippen molar-refractivity contribution in [3.63, 3.8) is 0 Å². The lowest BCUT2D eigenvalue weighted by Crippen LogP contribution is -2.38. The number of hydrogen-bond acceptors (Lipinski definition) is 10. The second kappa shape index (κ2) is 24.9. The summed E-state index contributed by atoms with van der Waals surface area (Å²) in [6, 6.07) is 23.0. The monoisotopic (exact) mass is 1010 g/mol. The highest BCUT2D eigenvalue weighted by molar-refractivity contribution is 5.97. The van der Waals surface area contributed by atoms with E-state index in [2.05, 4.69) is 40.2 Å². The van der Waals surface area contributed by atoms with E-state index in [1.807, 2.05) is 78.4 Å². The van der Waals surface area contributed by atoms with E-state index in [9.17, 15) is 18.4 Å². The number of H-pyrrole nitrogens is 2. The molecule has 4 aromatic carbocycles. The second-order valence-electron chi connectivity index (χ2n) is 18.3. The zero-order valence-corrected chi connectivity index (χ0v) is 43.2. The van der Waals surface area contributed by atoms with Crippen molar-refractivity contribution in [2.75, 3.05) is 66.6 Å². The van der Waals surface area contributed by atoms with Gasteiger partial charge in [-0.3, -0.25) is 29.8 Å². The summed E-state index contributed by atoms with van der Waals surface area (Å²) in [6.45, 7) is 14.1. The number of amides is 2. The first-order valence-corrected chi connectivity index (χ1v) is 25.7. The summed E-state index contributed by atoms with van der Waals surface area (Å²) in [5.74, 6) is 0.221. The highest BCUT2D eigenvalue weighted by Crippen LogP contribution is 2.36. The Labute approximate surface area is 434 Å². The Morgan fingerprint density at radius 3 is 1.38 bits per heavy atom. The molecule has 0 unspecified atom stereocenters. The molecule has 2 atom stereocenters. The van der Waals surface area contributed by atoms with E-state index < -0.39 is 0 Å². The summed E-state index contributed by atoms with van der Waals surface area (Å²) in [5, 5.41) is 16.4. The van der Waals surface area contributed by atoms with E-state index >= 15 is 0 Å². The van der Waals surface area contributed by atoms with Crippen LogP contribution in [0.4, 0.5) is 8.78 Å². The van der Waals surface area contributed by atoms with Crippen molar-refractivity contribution < 1.29 is 30.7 Å². The number of likely N-dealkylation sites (N-methyl/N-ethyl adjacent to an activating group) is 2. The molecule has 0 aliphatic carbocycles. The first-order valence-electron chi connectivity index (χ1n) is 25.7. The molecule has 4 aromatic heterocycles. The maximum absolute atomic E-state index is 13.9. The third-order valence-corrected chi connectivity index (χ3v) is 13.7. The lowest BCUT2D eigenvalue weighted by molar-refractivity contribution is 0.0689. The number of benzene rings is 4. The molecule has 0 bridgehead atoms. The highest BCUT2D eigenvalue weighted by Gasteiger charge is 2.31. The summed E-state index contributed by atoms with van der Waals surface area (Å²) in [4.78, 5) is 44.8. The average molecular weight is 1010 g/mol. The van der Waals surface area contributed by atoms with Crippen LogP contribution in [0.1, 0.15) is 100 Å². The minimum atomic E-state index is -0.318. The molecular weight excluding hydrogens is 939 g/mol. The van der Waals surface area contributed by atoms with Crippen molar-refractivity contribution in [2.45, 2.75) is 65.5 Å². The van der Waals surface area contributed by atoms with Crippen molar-refractivity contribution in [2.24, 2.45) is 0 Å². The molecule has 0 saturated carbocycles. The van der Waals surface area contributed by atoms with Crippen LogP contribution in [-0.4, -0.2) is 128 Å². The molecule has 2 N–H and O–H groups in total. The predicted octanol–water partition coefficient (Wildman–Crippen LogP) is 11.7. The van der Waals surface area contributed by atoms with Crippen LogP contribution < -0.4 is 9.47 Å². The number of halogens is 2. The maximum Gasteiger partial charge on any atom is 0.254 e. The smallest absolute Gasteiger partial charge is 0.254 e. The van der Waals surface area contributed by atoms with Gasteiger partial charge in [0.2, 0.25) is 0 Å². The SMILES string of the molecule is CC.CCOc1cc(C(=O)N(C)[C@@H](CN2CCCC2)c2cncc3cn[nH]c23)ccc1-c1cccc(F)c1.CCOc1cc(C(=O)N(C)[C@H](CN2CCCC2)c2cncc3cn[nH]c23)ccc1-c1cccc(F)c1.[HH].[HH]. The summed E-state index contributed by atoms with van der Waals surface area (Å²) in [7, 11) is 3.66. The van der Waals surface area contributed by atoms with Gasteiger partial charge in [-0.2, -0.15) is 10.2 Å². The highest BCUT2D eigenvalue weighted by atomic mass is 19.1. The molecule has 10 rings (SSSR count). The maximum atomic E-state index is 13.9. The van der Waals surface area contributed by atoms with Gasteiger partial charge in [0.15, 0.2) is 0 Å². The van der Waals surface area contributed by atoms with Crippen LogP contribution in [0.3, 0.4) is 0 Å². The molecule has 6 heterocycles. The van der Waals surface area contributed by atoms with E-state index in [1.165, 1.54) is 24.3 Å². The number of ether oxygens (including phenoxy) is 2. The Hall–Kier alpha value is -7.56. The van der Waals surface area contributed by atoms with Crippen LogP contribution in [-0.2, 0) is 0 Å². The number of carbonyl (C=O) groups is 2. The van der Waals surface area contributed by atoms with Crippen LogP contribution in [0, 0.1) is 11.6 Å². The lowest BCUT2D eigenvalue weighted by atomic mass is 10.0. The number of rotatable bonds is 16. The Balaban J connectivity index is 0.000000233. The van der Waals surface area contributed by atoms with Gasteiger partial charge in [-0.05, 0) is 138 Å². The molecule has 2 amide bonds. The van der Waals surface area contributed by atoms with Gasteiger partial charge in [0, 0.05) is 99.0 Å². The van der Waals surface area contributed by atoms with Crippen LogP contribution in [0.5, 0.6) is 11.5 Å². The Bertz CT molecular complexity index is 2950. The van der Waals surface area contributed by atoms with Crippen LogP contribution in [0.15, 0.2) is 122 Å². The van der Waals surface area contributed by atoms with Crippen molar-refractivity contribution in [3.8, 4) is 33.8 Å². The molecule has 2 aliphatic rings. The van der Waals surface area contributed by atoms with E-state index in [-0.39, 0.29) is 38.4 Å². The minimum absolute atomic E-state index is 0. The van der Waals surface area contributed by atoms with Gasteiger partial charge in [-0.25, -0.2) is 8.78 Å². The van der Waals surface area contributed by atoms with E-state index in [1.54, 1.807) is 71.0 Å². The van der Waals surface area contributed by atoms with Gasteiger partial charge in [0.25, 0.3) is 11.8 Å². The fourth-order valence-electron chi connectivity index (χ4n) is 9.90. The summed E-state index contributed by atoms with van der Waals surface area (Å²) >= 11 is 0. The van der Waals surface area contributed by atoms with Gasteiger partial charge in [-0.1, -0.05) is 38.1 Å². The predicted molar refractivity (Wildman–Crippen MR) is 290 cm³/mol. The number of carbonyl (C=O) groups excluding carboxylic acids is 2. The van der Waals surface area contributed by atoms with Crippen molar-refractivity contribution in [1.29, 1.82) is 0 Å². The van der Waals surface area contributed by atoms with Gasteiger partial charge < -0.3 is 29.1 Å². The largest absolute Gasteiger partial charge is 0.493 e. The molecular formula is C58H70F2N10O4. The number of nitrogens with zero attached hydrogens (tertiary/aromatic N) is 8. The minimum Gasteiger partial charge on any atom is -0.493 e. The molecule has 74 heavy (non-hydrogen) atoms. The second-order valence-corrected chi connectivity index (χ2v) is 18.3. The van der Waals surface area contributed by atoms with Crippen LogP contribution in [0.25, 0.3) is 44.1 Å². The van der Waals surface area contributed by atoms with Crippen LogP contribution >= 0.6 is 0 Å². The van der Waals surface area contributed by atoms with Crippen molar-refractivity contribution >= 4 is 33.6 Å². The van der Waals surface area contributed by atoms with Gasteiger partial charge in [0.05, 0.1) is 48.7 Å². The number of nitrogens with one attached hydrogen (secondary N) is 2. The molecule has 390 valence electrons. The number of aromatic nitrogens is 6. The summed E-state index contributed by atoms with van der Waals surface area (Å²) < 4.78 is 39.5. The Morgan fingerprint density at radius 1 is 0.595 bits per heavy atom. The third kappa shape index (κ3) is 12.1. The van der Waals surface area contributed by atoms with Crippen molar-refractivity contribution in [3.05, 3.63) is 156 Å². The molecule has 8 aromatic rings. The van der Waals surface area contributed by atoms with E-state index in [0.717, 1.165) is 95.9 Å². The fourth-order valence-corrected chi connectivity index (χ4v) is 9.90. The number of pyridine rings is 2. The average Bonchev–Trinajstić information content (AvgIpc) is 4.30. The molecule has 0 spiro atoms. The number of likely N-dealkylation sites (tertiary alicyclic amines) is 2. The first-order chi connectivity index (χ1) is 36.1. The number of hydrogen-bond donors (Lipinski definition) is 2.